The molecule has 0 aliphatic heterocycles. The molecular formula is C9H12ClN7. The quantitative estimate of drug-likeness (QED) is 0.860. The highest BCUT2D eigenvalue weighted by molar-refractivity contribution is 6.31. The summed E-state index contributed by atoms with van der Waals surface area (Å²) in [6.07, 6.45) is 0. The van der Waals surface area contributed by atoms with Crippen LogP contribution in [0, 0.1) is 13.8 Å². The molecule has 0 aliphatic rings. The lowest BCUT2D eigenvalue weighted by molar-refractivity contribution is 0.784. The van der Waals surface area contributed by atoms with E-state index in [0.717, 1.165) is 11.4 Å². The number of aromatic amines is 1. The number of aromatic nitrogens is 6. The minimum absolute atomic E-state index is 0.150. The molecule has 90 valence electrons. The van der Waals surface area contributed by atoms with Gasteiger partial charge in [0.05, 0.1) is 17.4 Å². The summed E-state index contributed by atoms with van der Waals surface area (Å²) in [5.41, 5.74) is 1.64. The van der Waals surface area contributed by atoms with E-state index < -0.39 is 0 Å². The van der Waals surface area contributed by atoms with E-state index in [4.69, 9.17) is 11.6 Å². The molecule has 0 bridgehead atoms. The molecule has 0 aliphatic carbocycles. The van der Waals surface area contributed by atoms with Crippen LogP contribution >= 0.6 is 11.6 Å². The van der Waals surface area contributed by atoms with Crippen LogP contribution < -0.4 is 5.32 Å². The van der Waals surface area contributed by atoms with E-state index in [9.17, 15) is 0 Å². The van der Waals surface area contributed by atoms with Crippen molar-refractivity contribution in [3.8, 4) is 0 Å². The van der Waals surface area contributed by atoms with Crippen molar-refractivity contribution in [1.29, 1.82) is 0 Å². The summed E-state index contributed by atoms with van der Waals surface area (Å²) in [4.78, 5) is 8.51. The van der Waals surface area contributed by atoms with Crippen LogP contribution in [0.15, 0.2) is 0 Å². The topological polar surface area (TPSA) is 92.3 Å². The number of anilines is 1. The van der Waals surface area contributed by atoms with Crippen LogP contribution in [0.25, 0.3) is 0 Å². The zero-order valence-electron chi connectivity index (χ0n) is 9.69. The average Bonchev–Trinajstić information content (AvgIpc) is 2.79. The summed E-state index contributed by atoms with van der Waals surface area (Å²) in [7, 11) is 0. The minimum atomic E-state index is -0.150. The molecule has 0 aromatic carbocycles. The van der Waals surface area contributed by atoms with Crippen molar-refractivity contribution in [2.45, 2.75) is 26.8 Å². The van der Waals surface area contributed by atoms with E-state index in [1.165, 1.54) is 0 Å². The Morgan fingerprint density at radius 1 is 1.24 bits per heavy atom. The molecule has 2 rings (SSSR count). The monoisotopic (exact) mass is 253 g/mol. The normalized spacial score (nSPS) is 12.5. The second kappa shape index (κ2) is 4.62. The fourth-order valence-corrected chi connectivity index (χ4v) is 1.51. The van der Waals surface area contributed by atoms with Crippen LogP contribution in [0.1, 0.15) is 30.2 Å². The van der Waals surface area contributed by atoms with Gasteiger partial charge in [-0.3, -0.25) is 0 Å². The van der Waals surface area contributed by atoms with Crippen LogP contribution in [0.4, 0.5) is 5.82 Å². The van der Waals surface area contributed by atoms with Gasteiger partial charge in [-0.25, -0.2) is 9.97 Å². The fourth-order valence-electron chi connectivity index (χ4n) is 1.29. The molecule has 17 heavy (non-hydrogen) atoms. The predicted octanol–water partition coefficient (Wildman–Crippen LogP) is 1.43. The molecule has 2 N–H and O–H groups in total. The number of nitrogens with zero attached hydrogens (tertiary/aromatic N) is 5. The van der Waals surface area contributed by atoms with E-state index in [1.54, 1.807) is 0 Å². The molecule has 0 fully saturated rings. The molecule has 1 unspecified atom stereocenters. The molecule has 2 aromatic rings. The highest BCUT2D eigenvalue weighted by atomic mass is 35.5. The highest BCUT2D eigenvalue weighted by Crippen LogP contribution is 2.22. The van der Waals surface area contributed by atoms with Crippen molar-refractivity contribution in [1.82, 2.24) is 30.6 Å². The first-order valence-corrected chi connectivity index (χ1v) is 5.46. The SMILES string of the molecule is Cc1nc(Cl)c(NC(C)c2nn[nH]n2)nc1C. The first kappa shape index (κ1) is 11.7. The van der Waals surface area contributed by atoms with Crippen LogP contribution in [0.5, 0.6) is 0 Å². The van der Waals surface area contributed by atoms with Gasteiger partial charge in [0.15, 0.2) is 16.8 Å². The summed E-state index contributed by atoms with van der Waals surface area (Å²) in [5.74, 6) is 1.06. The molecule has 0 radical (unpaired) electrons. The second-order valence-corrected chi connectivity index (χ2v) is 4.03. The first-order valence-electron chi connectivity index (χ1n) is 5.08. The van der Waals surface area contributed by atoms with Gasteiger partial charge in [0.2, 0.25) is 0 Å². The van der Waals surface area contributed by atoms with Crippen molar-refractivity contribution in [3.63, 3.8) is 0 Å². The van der Waals surface area contributed by atoms with Crippen molar-refractivity contribution in [2.24, 2.45) is 0 Å². The minimum Gasteiger partial charge on any atom is -0.358 e. The molecule has 1 atom stereocenters. The number of hydrogen-bond donors (Lipinski definition) is 2. The largest absolute Gasteiger partial charge is 0.358 e. The van der Waals surface area contributed by atoms with E-state index in [1.807, 2.05) is 20.8 Å². The van der Waals surface area contributed by atoms with Crippen molar-refractivity contribution in [2.75, 3.05) is 5.32 Å². The number of halogens is 1. The van der Waals surface area contributed by atoms with Crippen molar-refractivity contribution < 1.29 is 0 Å². The lowest BCUT2D eigenvalue weighted by Crippen LogP contribution is -2.11. The number of tetrazole rings is 1. The van der Waals surface area contributed by atoms with Gasteiger partial charge in [-0.1, -0.05) is 16.8 Å². The van der Waals surface area contributed by atoms with Crippen LogP contribution in [-0.2, 0) is 0 Å². The molecule has 0 saturated heterocycles. The Kier molecular flexibility index (Phi) is 3.19. The predicted molar refractivity (Wildman–Crippen MR) is 62.7 cm³/mol. The second-order valence-electron chi connectivity index (χ2n) is 3.67. The van der Waals surface area contributed by atoms with E-state index in [2.05, 4.69) is 35.9 Å². The van der Waals surface area contributed by atoms with Crippen LogP contribution in [0.2, 0.25) is 5.15 Å². The number of hydrogen-bond acceptors (Lipinski definition) is 6. The average molecular weight is 254 g/mol. The van der Waals surface area contributed by atoms with Crippen LogP contribution in [0.3, 0.4) is 0 Å². The standard InChI is InChI=1S/C9H12ClN7/c1-4-5(2)12-9(7(10)11-4)13-6(3)8-14-16-17-15-8/h6H,1-3H3,(H,12,13)(H,14,15,16,17). The molecule has 0 spiro atoms. The highest BCUT2D eigenvalue weighted by Gasteiger charge is 2.14. The van der Waals surface area contributed by atoms with Gasteiger partial charge in [0.1, 0.15) is 0 Å². The van der Waals surface area contributed by atoms with Gasteiger partial charge >= 0.3 is 0 Å². The summed E-state index contributed by atoms with van der Waals surface area (Å²) < 4.78 is 0. The summed E-state index contributed by atoms with van der Waals surface area (Å²) >= 11 is 6.01. The van der Waals surface area contributed by atoms with Crippen molar-refractivity contribution >= 4 is 17.4 Å². The third kappa shape index (κ3) is 2.50. The maximum Gasteiger partial charge on any atom is 0.196 e. The number of aryl methyl sites for hydroxylation is 2. The smallest absolute Gasteiger partial charge is 0.196 e. The van der Waals surface area contributed by atoms with Gasteiger partial charge in [-0.15, -0.1) is 10.2 Å². The Morgan fingerprint density at radius 2 is 1.94 bits per heavy atom. The lowest BCUT2D eigenvalue weighted by Gasteiger charge is -2.12. The molecule has 0 saturated carbocycles. The molecule has 0 amide bonds. The maximum absolute atomic E-state index is 6.01. The van der Waals surface area contributed by atoms with Gasteiger partial charge in [-0.2, -0.15) is 5.21 Å². The van der Waals surface area contributed by atoms with E-state index in [-0.39, 0.29) is 6.04 Å². The zero-order chi connectivity index (χ0) is 12.4. The van der Waals surface area contributed by atoms with E-state index in [0.29, 0.717) is 16.8 Å². The zero-order valence-corrected chi connectivity index (χ0v) is 10.4. The fraction of sp³-hybridized carbons (Fsp3) is 0.444. The van der Waals surface area contributed by atoms with Crippen LogP contribution in [-0.4, -0.2) is 30.6 Å². The summed E-state index contributed by atoms with van der Waals surface area (Å²) in [6, 6.07) is -0.150. The maximum atomic E-state index is 6.01. The van der Waals surface area contributed by atoms with E-state index >= 15 is 0 Å². The lowest BCUT2D eigenvalue weighted by atomic mass is 10.3. The van der Waals surface area contributed by atoms with Gasteiger partial charge < -0.3 is 5.32 Å². The molecule has 2 aromatic heterocycles. The number of nitrogens with one attached hydrogen (secondary N) is 2. The third-order valence-corrected chi connectivity index (χ3v) is 2.63. The number of rotatable bonds is 3. The third-order valence-electron chi connectivity index (χ3n) is 2.37. The summed E-state index contributed by atoms with van der Waals surface area (Å²) in [5, 5.41) is 17.1. The Morgan fingerprint density at radius 3 is 2.59 bits per heavy atom. The Bertz CT molecular complexity index is 510. The Balaban J connectivity index is 2.22. The number of H-pyrrole nitrogens is 1. The molecular weight excluding hydrogens is 242 g/mol. The molecule has 7 nitrogen and oxygen atoms in total. The van der Waals surface area contributed by atoms with Gasteiger partial charge in [0, 0.05) is 0 Å². The van der Waals surface area contributed by atoms with Gasteiger partial charge in [0.25, 0.3) is 0 Å². The van der Waals surface area contributed by atoms with Crippen molar-refractivity contribution in [3.05, 3.63) is 22.4 Å². The first-order chi connectivity index (χ1) is 8.08. The molecule has 2 heterocycles. The summed E-state index contributed by atoms with van der Waals surface area (Å²) in [6.45, 7) is 5.63. The Hall–Kier alpha value is -1.76. The molecule has 8 heteroatoms. The van der Waals surface area contributed by atoms with Gasteiger partial charge in [-0.05, 0) is 20.8 Å². The Labute approximate surface area is 103 Å².